The summed E-state index contributed by atoms with van der Waals surface area (Å²) in [6, 6.07) is 16.2. The summed E-state index contributed by atoms with van der Waals surface area (Å²) in [7, 11) is 0. The molecular formula is C18H17N5O2. The van der Waals surface area contributed by atoms with Crippen molar-refractivity contribution in [1.82, 2.24) is 20.1 Å². The molecule has 1 atom stereocenters. The predicted molar refractivity (Wildman–Crippen MR) is 93.0 cm³/mol. The van der Waals surface area contributed by atoms with Gasteiger partial charge in [-0.2, -0.15) is 0 Å². The third-order valence-electron chi connectivity index (χ3n) is 3.67. The van der Waals surface area contributed by atoms with Crippen LogP contribution < -0.4 is 10.6 Å². The van der Waals surface area contributed by atoms with E-state index in [9.17, 15) is 9.59 Å². The Bertz CT molecular complexity index is 862. The van der Waals surface area contributed by atoms with E-state index in [1.807, 2.05) is 43.3 Å². The molecule has 3 rings (SSSR count). The Morgan fingerprint density at radius 2 is 1.68 bits per heavy atom. The third-order valence-corrected chi connectivity index (χ3v) is 3.67. The molecule has 126 valence electrons. The molecule has 0 radical (unpaired) electrons. The molecule has 1 aromatic heterocycles. The van der Waals surface area contributed by atoms with Crippen molar-refractivity contribution in [2.24, 2.45) is 0 Å². The van der Waals surface area contributed by atoms with E-state index in [1.54, 1.807) is 35.4 Å². The van der Waals surface area contributed by atoms with Crippen LogP contribution >= 0.6 is 0 Å². The molecule has 7 nitrogen and oxygen atoms in total. The van der Waals surface area contributed by atoms with Gasteiger partial charge in [0.05, 0.1) is 11.7 Å². The highest BCUT2D eigenvalue weighted by atomic mass is 16.2. The molecule has 1 heterocycles. The Balaban J connectivity index is 1.64. The van der Waals surface area contributed by atoms with Crippen molar-refractivity contribution < 1.29 is 9.59 Å². The van der Waals surface area contributed by atoms with E-state index < -0.39 is 11.8 Å². The minimum absolute atomic E-state index is 0.261. The number of benzene rings is 2. The van der Waals surface area contributed by atoms with Crippen LogP contribution in [0.15, 0.2) is 67.3 Å². The Morgan fingerprint density at radius 1 is 0.960 bits per heavy atom. The molecule has 0 fully saturated rings. The van der Waals surface area contributed by atoms with Crippen molar-refractivity contribution in [1.29, 1.82) is 0 Å². The molecule has 2 N–H and O–H groups in total. The smallest absolute Gasteiger partial charge is 0.313 e. The van der Waals surface area contributed by atoms with Crippen LogP contribution in [0.25, 0.3) is 5.69 Å². The van der Waals surface area contributed by atoms with E-state index in [0.717, 1.165) is 11.3 Å². The second kappa shape index (κ2) is 7.39. The fraction of sp³-hybridized carbons (Fsp3) is 0.111. The summed E-state index contributed by atoms with van der Waals surface area (Å²) < 4.78 is 1.70. The normalized spacial score (nSPS) is 11.6. The maximum Gasteiger partial charge on any atom is 0.313 e. The number of nitrogens with one attached hydrogen (secondary N) is 2. The van der Waals surface area contributed by atoms with E-state index in [0.29, 0.717) is 5.69 Å². The van der Waals surface area contributed by atoms with Crippen LogP contribution in [-0.4, -0.2) is 26.6 Å². The summed E-state index contributed by atoms with van der Waals surface area (Å²) in [4.78, 5) is 24.2. The van der Waals surface area contributed by atoms with Gasteiger partial charge in [-0.1, -0.05) is 36.4 Å². The van der Waals surface area contributed by atoms with Crippen molar-refractivity contribution >= 4 is 17.5 Å². The molecule has 3 aromatic rings. The van der Waals surface area contributed by atoms with Crippen molar-refractivity contribution in [2.45, 2.75) is 13.0 Å². The highest BCUT2D eigenvalue weighted by Gasteiger charge is 2.17. The fourth-order valence-corrected chi connectivity index (χ4v) is 2.35. The summed E-state index contributed by atoms with van der Waals surface area (Å²) in [5, 5.41) is 12.8. The van der Waals surface area contributed by atoms with Crippen molar-refractivity contribution in [3.05, 3.63) is 72.8 Å². The number of carbonyl (C=O) groups is 2. The zero-order valence-corrected chi connectivity index (χ0v) is 13.6. The molecular weight excluding hydrogens is 318 g/mol. The molecule has 0 aliphatic carbocycles. The van der Waals surface area contributed by atoms with E-state index in [-0.39, 0.29) is 6.04 Å². The number of amides is 2. The molecule has 0 saturated carbocycles. The highest BCUT2D eigenvalue weighted by molar-refractivity contribution is 6.39. The first-order valence-electron chi connectivity index (χ1n) is 7.75. The second-order valence-corrected chi connectivity index (χ2v) is 5.48. The summed E-state index contributed by atoms with van der Waals surface area (Å²) in [6.07, 6.45) is 3.10. The Hall–Kier alpha value is -3.48. The average molecular weight is 335 g/mol. The monoisotopic (exact) mass is 335 g/mol. The fourth-order valence-electron chi connectivity index (χ4n) is 2.35. The van der Waals surface area contributed by atoms with Crippen LogP contribution in [0, 0.1) is 0 Å². The standard InChI is InChI=1S/C18H17N5O2/c1-13(14-6-3-2-4-7-14)21-17(24)18(25)22-15-8-5-9-16(10-15)23-11-19-20-12-23/h2-13H,1H3,(H,21,24)(H,22,25)/t13-/m1/s1. The van der Waals surface area contributed by atoms with E-state index >= 15 is 0 Å². The Morgan fingerprint density at radius 3 is 2.40 bits per heavy atom. The van der Waals surface area contributed by atoms with Crippen LogP contribution in [0.5, 0.6) is 0 Å². The minimum atomic E-state index is -0.719. The van der Waals surface area contributed by atoms with Crippen LogP contribution in [-0.2, 0) is 9.59 Å². The van der Waals surface area contributed by atoms with Crippen molar-refractivity contribution in [3.63, 3.8) is 0 Å². The van der Waals surface area contributed by atoms with Crippen LogP contribution in [0.2, 0.25) is 0 Å². The molecule has 0 spiro atoms. The van der Waals surface area contributed by atoms with Gasteiger partial charge in [-0.15, -0.1) is 10.2 Å². The number of hydrogen-bond acceptors (Lipinski definition) is 4. The first kappa shape index (κ1) is 16.4. The molecule has 0 unspecified atom stereocenters. The van der Waals surface area contributed by atoms with Gasteiger partial charge in [0.2, 0.25) is 0 Å². The summed E-state index contributed by atoms with van der Waals surface area (Å²) in [5.41, 5.74) is 2.22. The van der Waals surface area contributed by atoms with E-state index in [4.69, 9.17) is 0 Å². The predicted octanol–water partition coefficient (Wildman–Crippen LogP) is 2.08. The van der Waals surface area contributed by atoms with Gasteiger partial charge in [0.1, 0.15) is 12.7 Å². The molecule has 0 bridgehead atoms. The van der Waals surface area contributed by atoms with Gasteiger partial charge in [0.25, 0.3) is 0 Å². The number of hydrogen-bond donors (Lipinski definition) is 2. The minimum Gasteiger partial charge on any atom is -0.341 e. The second-order valence-electron chi connectivity index (χ2n) is 5.48. The van der Waals surface area contributed by atoms with E-state index in [2.05, 4.69) is 20.8 Å². The number of nitrogens with zero attached hydrogens (tertiary/aromatic N) is 3. The highest BCUT2D eigenvalue weighted by Crippen LogP contribution is 2.14. The van der Waals surface area contributed by atoms with Gasteiger partial charge in [-0.3, -0.25) is 14.2 Å². The van der Waals surface area contributed by atoms with Gasteiger partial charge in [-0.25, -0.2) is 0 Å². The van der Waals surface area contributed by atoms with Crippen LogP contribution in [0.3, 0.4) is 0 Å². The molecule has 0 saturated heterocycles. The van der Waals surface area contributed by atoms with Crippen LogP contribution in [0.1, 0.15) is 18.5 Å². The molecule has 0 aliphatic heterocycles. The lowest BCUT2D eigenvalue weighted by atomic mass is 10.1. The van der Waals surface area contributed by atoms with Gasteiger partial charge < -0.3 is 10.6 Å². The molecule has 2 aromatic carbocycles. The third kappa shape index (κ3) is 4.08. The van der Waals surface area contributed by atoms with Gasteiger partial charge in [0.15, 0.2) is 0 Å². The SMILES string of the molecule is C[C@@H](NC(=O)C(=O)Nc1cccc(-n2cnnc2)c1)c1ccccc1. The van der Waals surface area contributed by atoms with E-state index in [1.165, 1.54) is 0 Å². The number of rotatable bonds is 4. The van der Waals surface area contributed by atoms with Gasteiger partial charge in [0, 0.05) is 5.69 Å². The van der Waals surface area contributed by atoms with Gasteiger partial charge >= 0.3 is 11.8 Å². The number of aromatic nitrogens is 3. The summed E-state index contributed by atoms with van der Waals surface area (Å²) >= 11 is 0. The zero-order valence-electron chi connectivity index (χ0n) is 13.6. The Labute approximate surface area is 144 Å². The molecule has 2 amide bonds. The lowest BCUT2D eigenvalue weighted by molar-refractivity contribution is -0.136. The molecule has 25 heavy (non-hydrogen) atoms. The first-order chi connectivity index (χ1) is 12.1. The van der Waals surface area contributed by atoms with Gasteiger partial charge in [-0.05, 0) is 30.7 Å². The average Bonchev–Trinajstić information content (AvgIpc) is 3.17. The summed E-state index contributed by atoms with van der Waals surface area (Å²) in [5.74, 6) is -1.41. The van der Waals surface area contributed by atoms with Crippen LogP contribution in [0.4, 0.5) is 5.69 Å². The quantitative estimate of drug-likeness (QED) is 0.715. The maximum atomic E-state index is 12.1. The lowest BCUT2D eigenvalue weighted by Crippen LogP contribution is -2.36. The largest absolute Gasteiger partial charge is 0.341 e. The summed E-state index contributed by atoms with van der Waals surface area (Å²) in [6.45, 7) is 1.83. The maximum absolute atomic E-state index is 12.1. The lowest BCUT2D eigenvalue weighted by Gasteiger charge is -2.14. The van der Waals surface area contributed by atoms with Crippen molar-refractivity contribution in [3.8, 4) is 5.69 Å². The topological polar surface area (TPSA) is 88.9 Å². The number of anilines is 1. The number of carbonyl (C=O) groups excluding carboxylic acids is 2. The molecule has 7 heteroatoms. The van der Waals surface area contributed by atoms with Crippen molar-refractivity contribution in [2.75, 3.05) is 5.32 Å². The Kier molecular flexibility index (Phi) is 4.84. The zero-order chi connectivity index (χ0) is 17.6. The first-order valence-corrected chi connectivity index (χ1v) is 7.75. The molecule has 0 aliphatic rings.